The number of para-hydroxylation sites is 1. The van der Waals surface area contributed by atoms with Crippen molar-refractivity contribution in [2.24, 2.45) is 5.10 Å². The zero-order chi connectivity index (χ0) is 13.0. The molecular formula is C14H12Cl2N2. The van der Waals surface area contributed by atoms with E-state index in [0.717, 1.165) is 16.8 Å². The van der Waals surface area contributed by atoms with Crippen molar-refractivity contribution in [2.45, 2.75) is 6.92 Å². The third kappa shape index (κ3) is 3.25. The molecule has 0 radical (unpaired) electrons. The first kappa shape index (κ1) is 12.9. The van der Waals surface area contributed by atoms with E-state index < -0.39 is 0 Å². The van der Waals surface area contributed by atoms with Crippen LogP contribution in [0.2, 0.25) is 10.0 Å². The van der Waals surface area contributed by atoms with Gasteiger partial charge in [-0.05, 0) is 30.7 Å². The summed E-state index contributed by atoms with van der Waals surface area (Å²) in [5.74, 6) is 0. The third-order valence-electron chi connectivity index (χ3n) is 2.50. The largest absolute Gasteiger partial charge is 0.278 e. The molecule has 0 atom stereocenters. The van der Waals surface area contributed by atoms with Crippen LogP contribution in [0.1, 0.15) is 11.1 Å². The predicted molar refractivity (Wildman–Crippen MR) is 78.9 cm³/mol. The Balaban J connectivity index is 2.10. The maximum atomic E-state index is 6.04. The maximum Gasteiger partial charge on any atom is 0.0590 e. The number of anilines is 1. The lowest BCUT2D eigenvalue weighted by Crippen LogP contribution is -1.93. The highest BCUT2D eigenvalue weighted by Crippen LogP contribution is 2.19. The average Bonchev–Trinajstić information content (AvgIpc) is 2.34. The molecule has 1 N–H and O–H groups in total. The predicted octanol–water partition coefficient (Wildman–Crippen LogP) is 4.75. The molecule has 2 aromatic rings. The molecule has 0 unspecified atom stereocenters. The summed E-state index contributed by atoms with van der Waals surface area (Å²) in [4.78, 5) is 0. The average molecular weight is 279 g/mol. The van der Waals surface area contributed by atoms with Gasteiger partial charge < -0.3 is 0 Å². The van der Waals surface area contributed by atoms with Crippen LogP contribution in [0.3, 0.4) is 0 Å². The number of rotatable bonds is 3. The Bertz CT molecular complexity index is 580. The smallest absolute Gasteiger partial charge is 0.0590 e. The molecule has 0 heterocycles. The Hall–Kier alpha value is -1.51. The molecule has 2 rings (SSSR count). The van der Waals surface area contributed by atoms with Crippen LogP contribution in [0.25, 0.3) is 0 Å². The van der Waals surface area contributed by atoms with E-state index in [9.17, 15) is 0 Å². The Morgan fingerprint density at radius 3 is 2.61 bits per heavy atom. The second kappa shape index (κ2) is 5.89. The lowest BCUT2D eigenvalue weighted by atomic mass is 10.2. The van der Waals surface area contributed by atoms with Gasteiger partial charge in [-0.15, -0.1) is 0 Å². The Morgan fingerprint density at radius 1 is 1.11 bits per heavy atom. The van der Waals surface area contributed by atoms with Gasteiger partial charge in [-0.25, -0.2) is 0 Å². The molecule has 0 fully saturated rings. The van der Waals surface area contributed by atoms with Gasteiger partial charge in [0.1, 0.15) is 0 Å². The van der Waals surface area contributed by atoms with Crippen LogP contribution in [-0.2, 0) is 0 Å². The maximum absolute atomic E-state index is 6.04. The molecule has 0 saturated heterocycles. The minimum atomic E-state index is 0.581. The van der Waals surface area contributed by atoms with Gasteiger partial charge in [-0.3, -0.25) is 5.43 Å². The van der Waals surface area contributed by atoms with E-state index in [0.29, 0.717) is 10.0 Å². The van der Waals surface area contributed by atoms with Gasteiger partial charge in [0.2, 0.25) is 0 Å². The molecule has 0 aliphatic carbocycles. The van der Waals surface area contributed by atoms with Crippen molar-refractivity contribution in [1.29, 1.82) is 0 Å². The number of nitrogens with zero attached hydrogens (tertiary/aromatic N) is 1. The molecule has 0 bridgehead atoms. The molecule has 4 heteroatoms. The molecule has 2 nitrogen and oxygen atoms in total. The molecular weight excluding hydrogens is 267 g/mol. The highest BCUT2D eigenvalue weighted by atomic mass is 35.5. The molecule has 0 amide bonds. The second-order valence-corrected chi connectivity index (χ2v) is 4.69. The first-order valence-corrected chi connectivity index (χ1v) is 6.22. The van der Waals surface area contributed by atoms with Crippen LogP contribution in [0, 0.1) is 6.92 Å². The summed E-state index contributed by atoms with van der Waals surface area (Å²) in [5, 5.41) is 5.36. The van der Waals surface area contributed by atoms with Crippen LogP contribution < -0.4 is 5.43 Å². The quantitative estimate of drug-likeness (QED) is 0.636. The summed E-state index contributed by atoms with van der Waals surface area (Å²) < 4.78 is 0. The van der Waals surface area contributed by atoms with E-state index in [2.05, 4.69) is 10.5 Å². The number of halogens is 2. The SMILES string of the molecule is Cc1ccccc1N/N=C/c1ccc(Cl)cc1Cl. The second-order valence-electron chi connectivity index (χ2n) is 3.85. The minimum Gasteiger partial charge on any atom is -0.278 e. The molecule has 92 valence electrons. The summed E-state index contributed by atoms with van der Waals surface area (Å²) in [5.41, 5.74) is 5.91. The molecule has 2 aromatic carbocycles. The van der Waals surface area contributed by atoms with Gasteiger partial charge in [0.15, 0.2) is 0 Å². The van der Waals surface area contributed by atoms with Crippen molar-refractivity contribution in [3.8, 4) is 0 Å². The molecule has 18 heavy (non-hydrogen) atoms. The van der Waals surface area contributed by atoms with Crippen molar-refractivity contribution in [1.82, 2.24) is 0 Å². The van der Waals surface area contributed by atoms with Gasteiger partial charge in [0, 0.05) is 10.6 Å². The number of nitrogens with one attached hydrogen (secondary N) is 1. The van der Waals surface area contributed by atoms with Gasteiger partial charge in [-0.1, -0.05) is 47.5 Å². The van der Waals surface area contributed by atoms with E-state index in [4.69, 9.17) is 23.2 Å². The van der Waals surface area contributed by atoms with E-state index in [1.165, 1.54) is 0 Å². The van der Waals surface area contributed by atoms with E-state index in [1.54, 1.807) is 18.3 Å². The van der Waals surface area contributed by atoms with Crippen LogP contribution in [-0.4, -0.2) is 6.21 Å². The number of hydrogen-bond donors (Lipinski definition) is 1. The normalized spacial score (nSPS) is 10.8. The van der Waals surface area contributed by atoms with E-state index in [-0.39, 0.29) is 0 Å². The summed E-state index contributed by atoms with van der Waals surface area (Å²) in [6, 6.07) is 13.2. The van der Waals surface area contributed by atoms with E-state index >= 15 is 0 Å². The number of hydrogen-bond acceptors (Lipinski definition) is 2. The first-order valence-electron chi connectivity index (χ1n) is 5.46. The monoisotopic (exact) mass is 278 g/mol. The van der Waals surface area contributed by atoms with Crippen molar-refractivity contribution in [2.75, 3.05) is 5.43 Å². The molecule has 0 spiro atoms. The van der Waals surface area contributed by atoms with Crippen LogP contribution in [0.5, 0.6) is 0 Å². The molecule has 0 aromatic heterocycles. The third-order valence-corrected chi connectivity index (χ3v) is 3.06. The lowest BCUT2D eigenvalue weighted by molar-refractivity contribution is 1.31. The highest BCUT2D eigenvalue weighted by Gasteiger charge is 1.98. The Labute approximate surface area is 116 Å². The number of benzene rings is 2. The summed E-state index contributed by atoms with van der Waals surface area (Å²) in [6.45, 7) is 2.02. The first-order chi connectivity index (χ1) is 8.66. The van der Waals surface area contributed by atoms with Gasteiger partial charge >= 0.3 is 0 Å². The zero-order valence-electron chi connectivity index (χ0n) is 9.82. The van der Waals surface area contributed by atoms with Crippen molar-refractivity contribution >= 4 is 35.1 Å². The fourth-order valence-corrected chi connectivity index (χ4v) is 1.93. The fourth-order valence-electron chi connectivity index (χ4n) is 1.48. The van der Waals surface area contributed by atoms with E-state index in [1.807, 2.05) is 37.3 Å². The highest BCUT2D eigenvalue weighted by molar-refractivity contribution is 6.36. The standard InChI is InChI=1S/C14H12Cl2N2/c1-10-4-2-3-5-14(10)18-17-9-11-6-7-12(15)8-13(11)16/h2-9,18H,1H3/b17-9+. The summed E-state index contributed by atoms with van der Waals surface area (Å²) in [6.07, 6.45) is 1.67. The molecule has 0 saturated carbocycles. The zero-order valence-corrected chi connectivity index (χ0v) is 11.3. The number of aryl methyl sites for hydroxylation is 1. The summed E-state index contributed by atoms with van der Waals surface area (Å²) >= 11 is 11.9. The Kier molecular flexibility index (Phi) is 4.24. The van der Waals surface area contributed by atoms with Crippen molar-refractivity contribution in [3.05, 3.63) is 63.6 Å². The summed E-state index contributed by atoms with van der Waals surface area (Å²) in [7, 11) is 0. The molecule has 0 aliphatic heterocycles. The van der Waals surface area contributed by atoms with Gasteiger partial charge in [0.05, 0.1) is 16.9 Å². The fraction of sp³-hybridized carbons (Fsp3) is 0.0714. The minimum absolute atomic E-state index is 0.581. The topological polar surface area (TPSA) is 24.4 Å². The number of hydrazone groups is 1. The van der Waals surface area contributed by atoms with Crippen molar-refractivity contribution in [3.63, 3.8) is 0 Å². The molecule has 0 aliphatic rings. The Morgan fingerprint density at radius 2 is 1.89 bits per heavy atom. The van der Waals surface area contributed by atoms with Crippen LogP contribution in [0.15, 0.2) is 47.6 Å². The van der Waals surface area contributed by atoms with Gasteiger partial charge in [0.25, 0.3) is 0 Å². The van der Waals surface area contributed by atoms with Gasteiger partial charge in [-0.2, -0.15) is 5.10 Å². The lowest BCUT2D eigenvalue weighted by Gasteiger charge is -2.03. The van der Waals surface area contributed by atoms with Crippen LogP contribution >= 0.6 is 23.2 Å². The van der Waals surface area contributed by atoms with Crippen LogP contribution in [0.4, 0.5) is 5.69 Å². The van der Waals surface area contributed by atoms with Crippen molar-refractivity contribution < 1.29 is 0 Å².